The average molecular weight is 472 g/mol. The van der Waals surface area contributed by atoms with Gasteiger partial charge in [0, 0.05) is 34.1 Å². The summed E-state index contributed by atoms with van der Waals surface area (Å²) in [4.78, 5) is 10.4. The molecule has 0 aliphatic carbocycles. The molecule has 4 aromatic rings. The number of nitrogens with zero attached hydrogens (tertiary/aromatic N) is 5. The minimum atomic E-state index is -0.0641. The number of aromatic nitrogens is 4. The van der Waals surface area contributed by atoms with Gasteiger partial charge in [0.15, 0.2) is 5.82 Å². The maximum atomic E-state index is 6.19. The maximum absolute atomic E-state index is 6.19. The number of aryl methyl sites for hydroxylation is 1. The van der Waals surface area contributed by atoms with E-state index in [9.17, 15) is 0 Å². The van der Waals surface area contributed by atoms with Crippen molar-refractivity contribution >= 4 is 28.6 Å². The number of aliphatic imine (C=N–C) groups is 1. The minimum absolute atomic E-state index is 0.0641. The molecule has 33 heavy (non-hydrogen) atoms. The number of halogens is 1. The van der Waals surface area contributed by atoms with Crippen LogP contribution in [0, 0.1) is 25.7 Å². The first kappa shape index (κ1) is 21.6. The van der Waals surface area contributed by atoms with Crippen molar-refractivity contribution in [3.8, 4) is 16.8 Å². The van der Waals surface area contributed by atoms with Gasteiger partial charge in [0.1, 0.15) is 16.9 Å². The van der Waals surface area contributed by atoms with E-state index in [-0.39, 0.29) is 6.04 Å². The standard InChI is InChI=1S/C26H22ClN5S/c1-4-6-21-25-31-30-17(3)32(25)26-23(24(29-21)19-9-11-20(27)12-10-19)16(2)22(33-26)13-8-18-7-5-14-28-15-18/h5,7,9-12,14-15,21H,4,6H2,1-3H3/t21-/m0/s1. The summed E-state index contributed by atoms with van der Waals surface area (Å²) in [6.07, 6.45) is 5.43. The fourth-order valence-electron chi connectivity index (χ4n) is 4.04. The van der Waals surface area contributed by atoms with Crippen LogP contribution in [0.5, 0.6) is 0 Å². The van der Waals surface area contributed by atoms with E-state index in [1.165, 1.54) is 0 Å². The molecule has 7 heteroatoms. The normalized spacial score (nSPS) is 14.5. The van der Waals surface area contributed by atoms with Crippen LogP contribution >= 0.6 is 22.9 Å². The molecular formula is C26H22ClN5S. The van der Waals surface area contributed by atoms with Crippen molar-refractivity contribution in [2.45, 2.75) is 39.7 Å². The van der Waals surface area contributed by atoms with Gasteiger partial charge < -0.3 is 0 Å². The predicted octanol–water partition coefficient (Wildman–Crippen LogP) is 6.09. The zero-order valence-corrected chi connectivity index (χ0v) is 20.2. The number of rotatable bonds is 3. The molecule has 5 nitrogen and oxygen atoms in total. The topological polar surface area (TPSA) is 56.0 Å². The largest absolute Gasteiger partial charge is 0.273 e. The van der Waals surface area contributed by atoms with E-state index in [1.54, 1.807) is 23.7 Å². The summed E-state index contributed by atoms with van der Waals surface area (Å²) < 4.78 is 2.16. The first-order valence-corrected chi connectivity index (χ1v) is 12.1. The molecule has 0 radical (unpaired) electrons. The highest BCUT2D eigenvalue weighted by Crippen LogP contribution is 2.40. The maximum Gasteiger partial charge on any atom is 0.163 e. The fraction of sp³-hybridized carbons (Fsp3) is 0.231. The van der Waals surface area contributed by atoms with E-state index < -0.39 is 0 Å². The third-order valence-electron chi connectivity index (χ3n) is 5.66. The molecule has 1 aliphatic heterocycles. The smallest absolute Gasteiger partial charge is 0.163 e. The Kier molecular flexibility index (Phi) is 5.84. The molecule has 0 spiro atoms. The molecule has 4 heterocycles. The number of benzene rings is 1. The van der Waals surface area contributed by atoms with Crippen LogP contribution in [0.2, 0.25) is 5.02 Å². The Morgan fingerprint density at radius 2 is 1.91 bits per heavy atom. The lowest BCUT2D eigenvalue weighted by atomic mass is 9.99. The molecule has 1 aromatic carbocycles. The number of pyridine rings is 1. The molecular weight excluding hydrogens is 450 g/mol. The van der Waals surface area contributed by atoms with Crippen molar-refractivity contribution in [1.29, 1.82) is 0 Å². The molecule has 1 aliphatic rings. The van der Waals surface area contributed by atoms with Gasteiger partial charge in [-0.2, -0.15) is 0 Å². The SMILES string of the molecule is CCC[C@@H]1N=C(c2ccc(Cl)cc2)c2c(sc(C#Cc3cccnc3)c2C)-n2c(C)nnc21. The molecule has 0 bridgehead atoms. The molecule has 0 saturated carbocycles. The molecule has 0 saturated heterocycles. The Balaban J connectivity index is 1.75. The van der Waals surface area contributed by atoms with Crippen LogP contribution < -0.4 is 0 Å². The summed E-state index contributed by atoms with van der Waals surface area (Å²) in [5.74, 6) is 8.35. The van der Waals surface area contributed by atoms with Gasteiger partial charge in [0.2, 0.25) is 0 Å². The highest BCUT2D eigenvalue weighted by atomic mass is 35.5. The van der Waals surface area contributed by atoms with Crippen LogP contribution in [0.25, 0.3) is 5.00 Å². The Hall–Kier alpha value is -3.27. The number of hydrogen-bond donors (Lipinski definition) is 0. The number of fused-ring (bicyclic) bond motifs is 3. The van der Waals surface area contributed by atoms with Gasteiger partial charge in [0.05, 0.1) is 10.6 Å². The van der Waals surface area contributed by atoms with Gasteiger partial charge in [-0.15, -0.1) is 21.5 Å². The van der Waals surface area contributed by atoms with Gasteiger partial charge in [0.25, 0.3) is 0 Å². The molecule has 0 N–H and O–H groups in total. The molecule has 5 rings (SSSR count). The van der Waals surface area contributed by atoms with Gasteiger partial charge >= 0.3 is 0 Å². The van der Waals surface area contributed by atoms with Crippen LogP contribution in [0.4, 0.5) is 0 Å². The summed E-state index contributed by atoms with van der Waals surface area (Å²) in [7, 11) is 0. The van der Waals surface area contributed by atoms with E-state index in [2.05, 4.69) is 45.4 Å². The van der Waals surface area contributed by atoms with Crippen LogP contribution in [-0.2, 0) is 0 Å². The van der Waals surface area contributed by atoms with Crippen molar-refractivity contribution in [2.24, 2.45) is 4.99 Å². The lowest BCUT2D eigenvalue weighted by Crippen LogP contribution is -2.07. The quantitative estimate of drug-likeness (QED) is 0.340. The van der Waals surface area contributed by atoms with Crippen molar-refractivity contribution in [3.63, 3.8) is 0 Å². The second-order valence-electron chi connectivity index (χ2n) is 7.96. The van der Waals surface area contributed by atoms with Gasteiger partial charge in [-0.3, -0.25) is 14.5 Å². The zero-order chi connectivity index (χ0) is 22.9. The van der Waals surface area contributed by atoms with Crippen LogP contribution in [-0.4, -0.2) is 25.5 Å². The highest BCUT2D eigenvalue weighted by molar-refractivity contribution is 7.15. The number of hydrogen-bond acceptors (Lipinski definition) is 5. The fourth-order valence-corrected chi connectivity index (χ4v) is 5.38. The predicted molar refractivity (Wildman–Crippen MR) is 134 cm³/mol. The summed E-state index contributed by atoms with van der Waals surface area (Å²) in [5, 5.41) is 10.7. The lowest BCUT2D eigenvalue weighted by molar-refractivity contribution is 0.597. The second-order valence-corrected chi connectivity index (χ2v) is 9.39. The Morgan fingerprint density at radius 3 is 2.64 bits per heavy atom. The summed E-state index contributed by atoms with van der Waals surface area (Å²) >= 11 is 7.85. The van der Waals surface area contributed by atoms with Crippen LogP contribution in [0.15, 0.2) is 53.8 Å². The van der Waals surface area contributed by atoms with Gasteiger partial charge in [-0.1, -0.05) is 48.9 Å². The Bertz CT molecular complexity index is 1400. The van der Waals surface area contributed by atoms with Crippen LogP contribution in [0.3, 0.4) is 0 Å². The van der Waals surface area contributed by atoms with Gasteiger partial charge in [-0.25, -0.2) is 0 Å². The minimum Gasteiger partial charge on any atom is -0.273 e. The van der Waals surface area contributed by atoms with Crippen molar-refractivity contribution < 1.29 is 0 Å². The zero-order valence-electron chi connectivity index (χ0n) is 18.6. The third-order valence-corrected chi connectivity index (χ3v) is 7.11. The first-order valence-electron chi connectivity index (χ1n) is 10.9. The lowest BCUT2D eigenvalue weighted by Gasteiger charge is -2.11. The Labute approximate surface area is 202 Å². The van der Waals surface area contributed by atoms with E-state index in [0.717, 1.165) is 62.3 Å². The second kappa shape index (κ2) is 8.93. The van der Waals surface area contributed by atoms with E-state index in [1.807, 2.05) is 43.3 Å². The van der Waals surface area contributed by atoms with Crippen molar-refractivity contribution in [2.75, 3.05) is 0 Å². The van der Waals surface area contributed by atoms with Crippen molar-refractivity contribution in [3.05, 3.63) is 92.6 Å². The monoisotopic (exact) mass is 471 g/mol. The van der Waals surface area contributed by atoms with E-state index in [0.29, 0.717) is 5.02 Å². The molecule has 3 aromatic heterocycles. The van der Waals surface area contributed by atoms with Crippen LogP contribution in [0.1, 0.15) is 64.6 Å². The van der Waals surface area contributed by atoms with Gasteiger partial charge in [-0.05, 0) is 50.1 Å². The highest BCUT2D eigenvalue weighted by Gasteiger charge is 2.31. The van der Waals surface area contributed by atoms with Crippen molar-refractivity contribution in [1.82, 2.24) is 19.7 Å². The van der Waals surface area contributed by atoms with E-state index >= 15 is 0 Å². The molecule has 0 unspecified atom stereocenters. The summed E-state index contributed by atoms with van der Waals surface area (Å²) in [5.41, 5.74) is 5.06. The Morgan fingerprint density at radius 1 is 1.09 bits per heavy atom. The molecule has 0 amide bonds. The first-order chi connectivity index (χ1) is 16.1. The molecule has 0 fully saturated rings. The summed E-state index contributed by atoms with van der Waals surface area (Å²) in [6.45, 7) is 6.28. The summed E-state index contributed by atoms with van der Waals surface area (Å²) in [6, 6.07) is 11.7. The average Bonchev–Trinajstić information content (AvgIpc) is 3.31. The molecule has 164 valence electrons. The van der Waals surface area contributed by atoms with E-state index in [4.69, 9.17) is 16.6 Å². The third kappa shape index (κ3) is 3.99. The molecule has 1 atom stereocenters. The number of thiophene rings is 1.